The van der Waals surface area contributed by atoms with Gasteiger partial charge >= 0.3 is 17.8 Å². The second kappa shape index (κ2) is 5.19. The van der Waals surface area contributed by atoms with Crippen molar-refractivity contribution in [2.24, 2.45) is 0 Å². The zero-order valence-electron chi connectivity index (χ0n) is 10.9. The molecule has 1 fully saturated rings. The van der Waals surface area contributed by atoms with Gasteiger partial charge in [0.2, 0.25) is 5.91 Å². The van der Waals surface area contributed by atoms with Crippen LogP contribution in [0.2, 0.25) is 0 Å². The highest BCUT2D eigenvalue weighted by atomic mass is 19.1. The van der Waals surface area contributed by atoms with Gasteiger partial charge in [-0.15, -0.1) is 0 Å². The van der Waals surface area contributed by atoms with Crippen molar-refractivity contribution in [2.45, 2.75) is 0 Å². The first kappa shape index (κ1) is 14.4. The molecule has 0 spiro atoms. The highest BCUT2D eigenvalue weighted by Crippen LogP contribution is 2.19. The number of hydrogen-bond donors (Lipinski definition) is 2. The Bertz CT molecular complexity index is 661. The van der Waals surface area contributed by atoms with Gasteiger partial charge in [0.05, 0.1) is 11.4 Å². The number of nitrogen functional groups attached to an aromatic ring is 1. The SMILES string of the molecule is CN1C(=O)C(=O)N(CC(=O)Nc2cc(F)ccc2N)C1=O. The topological polar surface area (TPSA) is 113 Å². The summed E-state index contributed by atoms with van der Waals surface area (Å²) in [4.78, 5) is 47.2. The van der Waals surface area contributed by atoms with Crippen LogP contribution in [-0.4, -0.2) is 47.1 Å². The number of amides is 5. The van der Waals surface area contributed by atoms with Crippen LogP contribution >= 0.6 is 0 Å². The first-order valence-electron chi connectivity index (χ1n) is 5.79. The molecule has 1 saturated heterocycles. The predicted molar refractivity (Wildman–Crippen MR) is 69.3 cm³/mol. The van der Waals surface area contributed by atoms with Gasteiger partial charge in [0.25, 0.3) is 0 Å². The number of likely N-dealkylation sites (N-methyl/N-ethyl adjacent to an activating group) is 1. The molecule has 110 valence electrons. The van der Waals surface area contributed by atoms with E-state index in [-0.39, 0.29) is 11.4 Å². The van der Waals surface area contributed by atoms with Crippen molar-refractivity contribution in [1.82, 2.24) is 9.80 Å². The van der Waals surface area contributed by atoms with Crippen molar-refractivity contribution >= 4 is 35.1 Å². The van der Waals surface area contributed by atoms with Gasteiger partial charge in [0.15, 0.2) is 0 Å². The molecule has 0 radical (unpaired) electrons. The molecule has 1 aliphatic heterocycles. The number of hydrogen-bond acceptors (Lipinski definition) is 5. The maximum atomic E-state index is 13.1. The number of nitrogens with two attached hydrogens (primary N) is 1. The number of urea groups is 1. The average molecular weight is 294 g/mol. The van der Waals surface area contributed by atoms with E-state index >= 15 is 0 Å². The summed E-state index contributed by atoms with van der Waals surface area (Å²) in [7, 11) is 1.13. The smallest absolute Gasteiger partial charge is 0.334 e. The Balaban J connectivity index is 2.09. The van der Waals surface area contributed by atoms with E-state index in [0.717, 1.165) is 19.2 Å². The van der Waals surface area contributed by atoms with Crippen molar-refractivity contribution < 1.29 is 23.6 Å². The first-order valence-corrected chi connectivity index (χ1v) is 5.79. The second-order valence-electron chi connectivity index (χ2n) is 4.32. The molecule has 0 atom stereocenters. The largest absolute Gasteiger partial charge is 0.397 e. The van der Waals surface area contributed by atoms with Gasteiger partial charge in [-0.2, -0.15) is 0 Å². The number of imide groups is 2. The molecule has 1 aromatic rings. The second-order valence-corrected chi connectivity index (χ2v) is 4.32. The van der Waals surface area contributed by atoms with E-state index < -0.39 is 36.1 Å². The lowest BCUT2D eigenvalue weighted by Crippen LogP contribution is -2.38. The number of nitrogens with zero attached hydrogens (tertiary/aromatic N) is 2. The van der Waals surface area contributed by atoms with E-state index in [1.54, 1.807) is 0 Å². The summed E-state index contributed by atoms with van der Waals surface area (Å²) in [6.07, 6.45) is 0. The van der Waals surface area contributed by atoms with Crippen LogP contribution in [0.15, 0.2) is 18.2 Å². The minimum absolute atomic E-state index is 0.0128. The van der Waals surface area contributed by atoms with Crippen LogP contribution in [0.5, 0.6) is 0 Å². The molecule has 0 saturated carbocycles. The summed E-state index contributed by atoms with van der Waals surface area (Å²) in [6, 6.07) is 2.48. The average Bonchev–Trinajstić information content (AvgIpc) is 2.61. The first-order chi connectivity index (χ1) is 9.81. The van der Waals surface area contributed by atoms with Gasteiger partial charge < -0.3 is 11.1 Å². The van der Waals surface area contributed by atoms with Gasteiger partial charge in [0, 0.05) is 7.05 Å². The molecule has 1 heterocycles. The quantitative estimate of drug-likeness (QED) is 0.454. The molecule has 0 bridgehead atoms. The summed E-state index contributed by atoms with van der Waals surface area (Å²) in [5.41, 5.74) is 5.69. The van der Waals surface area contributed by atoms with Gasteiger partial charge in [-0.25, -0.2) is 14.1 Å². The van der Waals surface area contributed by atoms with Crippen LogP contribution in [0.25, 0.3) is 0 Å². The van der Waals surface area contributed by atoms with Crippen molar-refractivity contribution in [3.05, 3.63) is 24.0 Å². The summed E-state index contributed by atoms with van der Waals surface area (Å²) in [5, 5.41) is 2.27. The molecule has 0 unspecified atom stereocenters. The highest BCUT2D eigenvalue weighted by Gasteiger charge is 2.42. The monoisotopic (exact) mass is 294 g/mol. The minimum Gasteiger partial charge on any atom is -0.397 e. The van der Waals surface area contributed by atoms with Crippen molar-refractivity contribution in [1.29, 1.82) is 0 Å². The Labute approximate surface area is 118 Å². The van der Waals surface area contributed by atoms with Crippen LogP contribution in [0.4, 0.5) is 20.6 Å². The van der Waals surface area contributed by atoms with Gasteiger partial charge in [0.1, 0.15) is 12.4 Å². The summed E-state index contributed by atoms with van der Waals surface area (Å²) < 4.78 is 13.1. The fourth-order valence-electron chi connectivity index (χ4n) is 1.72. The Morgan fingerprint density at radius 1 is 1.29 bits per heavy atom. The lowest BCUT2D eigenvalue weighted by atomic mass is 10.2. The molecule has 0 aromatic heterocycles. The van der Waals surface area contributed by atoms with Gasteiger partial charge in [-0.05, 0) is 18.2 Å². The lowest BCUT2D eigenvalue weighted by molar-refractivity contribution is -0.143. The standard InChI is InChI=1S/C12H11FN4O4/c1-16-10(19)11(20)17(12(16)21)5-9(18)15-8-4-6(13)2-3-7(8)14/h2-4H,5,14H2,1H3,(H,15,18). The van der Waals surface area contributed by atoms with E-state index in [0.29, 0.717) is 9.80 Å². The van der Waals surface area contributed by atoms with E-state index in [1.165, 1.54) is 6.07 Å². The predicted octanol–water partition coefficient (Wildman–Crippen LogP) is -0.233. The maximum Gasteiger partial charge on any atom is 0.334 e. The Morgan fingerprint density at radius 2 is 1.95 bits per heavy atom. The normalized spacial score (nSPS) is 14.9. The third-order valence-electron chi connectivity index (χ3n) is 2.84. The molecule has 0 aliphatic carbocycles. The van der Waals surface area contributed by atoms with Gasteiger partial charge in [-0.1, -0.05) is 0 Å². The Hall–Kier alpha value is -2.97. The molecule has 5 amide bonds. The van der Waals surface area contributed by atoms with Crippen molar-refractivity contribution in [3.8, 4) is 0 Å². The molecule has 21 heavy (non-hydrogen) atoms. The van der Waals surface area contributed by atoms with Crippen LogP contribution < -0.4 is 11.1 Å². The van der Waals surface area contributed by atoms with E-state index in [1.807, 2.05) is 0 Å². The number of rotatable bonds is 3. The number of carbonyl (C=O) groups is 4. The van der Waals surface area contributed by atoms with E-state index in [4.69, 9.17) is 5.73 Å². The molecule has 1 aliphatic rings. The van der Waals surface area contributed by atoms with Crippen LogP contribution in [0, 0.1) is 5.82 Å². The molecule has 3 N–H and O–H groups in total. The minimum atomic E-state index is -1.09. The fourth-order valence-corrected chi connectivity index (χ4v) is 1.72. The molecular formula is C12H11FN4O4. The summed E-state index contributed by atoms with van der Waals surface area (Å²) in [6.45, 7) is -0.663. The van der Waals surface area contributed by atoms with Gasteiger partial charge in [-0.3, -0.25) is 19.3 Å². The number of anilines is 2. The van der Waals surface area contributed by atoms with E-state index in [2.05, 4.69) is 5.32 Å². The number of carbonyl (C=O) groups excluding carboxylic acids is 4. The maximum absolute atomic E-state index is 13.1. The summed E-state index contributed by atoms with van der Waals surface area (Å²) in [5.74, 6) is -3.50. The molecule has 1 aromatic carbocycles. The summed E-state index contributed by atoms with van der Waals surface area (Å²) >= 11 is 0. The van der Waals surface area contributed by atoms with Crippen molar-refractivity contribution in [2.75, 3.05) is 24.6 Å². The van der Waals surface area contributed by atoms with Crippen molar-refractivity contribution in [3.63, 3.8) is 0 Å². The zero-order valence-corrected chi connectivity index (χ0v) is 10.9. The van der Waals surface area contributed by atoms with Crippen LogP contribution in [0.3, 0.4) is 0 Å². The third kappa shape index (κ3) is 2.66. The van der Waals surface area contributed by atoms with Crippen LogP contribution in [0.1, 0.15) is 0 Å². The number of nitrogens with one attached hydrogen (secondary N) is 1. The fraction of sp³-hybridized carbons (Fsp3) is 0.167. The molecular weight excluding hydrogens is 283 g/mol. The Morgan fingerprint density at radius 3 is 2.52 bits per heavy atom. The number of halogens is 1. The third-order valence-corrected chi connectivity index (χ3v) is 2.84. The van der Waals surface area contributed by atoms with Crippen LogP contribution in [-0.2, 0) is 14.4 Å². The Kier molecular flexibility index (Phi) is 3.57. The number of benzene rings is 1. The highest BCUT2D eigenvalue weighted by molar-refractivity contribution is 6.44. The zero-order chi connectivity index (χ0) is 15.7. The lowest BCUT2D eigenvalue weighted by Gasteiger charge is -2.13. The molecule has 8 nitrogen and oxygen atoms in total. The molecule has 9 heteroatoms. The molecule has 2 rings (SSSR count). The van der Waals surface area contributed by atoms with E-state index in [9.17, 15) is 23.6 Å².